The Hall–Kier alpha value is -2.42. The van der Waals surface area contributed by atoms with E-state index in [0.717, 1.165) is 82.2 Å². The molecule has 0 fully saturated rings. The van der Waals surface area contributed by atoms with Gasteiger partial charge in [-0.3, -0.25) is 0 Å². The third kappa shape index (κ3) is 13.3. The van der Waals surface area contributed by atoms with E-state index in [1.165, 1.54) is 38.5 Å². The fourth-order valence-electron chi connectivity index (χ4n) is 4.12. The number of nitrogens with zero attached hydrogens (tertiary/aromatic N) is 3. The van der Waals surface area contributed by atoms with Crippen LogP contribution in [-0.2, 0) is 9.59 Å². The minimum Gasteiger partial charge on any atom is -0.478 e. The molecule has 35 heavy (non-hydrogen) atoms. The number of aromatic nitrogens is 2. The van der Waals surface area contributed by atoms with Crippen molar-refractivity contribution in [2.45, 2.75) is 83.5 Å². The Balaban J connectivity index is 2.49. The number of ether oxygens (including phenoxy) is 2. The Morgan fingerprint density at radius 3 is 1.63 bits per heavy atom. The number of nitrogens with one attached hydrogen (secondary N) is 2. The number of aldehydes is 2. The number of carbonyl (C=O) groups excluding carboxylic acids is 2. The van der Waals surface area contributed by atoms with Crippen LogP contribution >= 0.6 is 0 Å². The second kappa shape index (κ2) is 20.9. The first-order valence-electron chi connectivity index (χ1n) is 13.2. The Bertz CT molecular complexity index is 668. The highest BCUT2D eigenvalue weighted by molar-refractivity contribution is 5.77. The van der Waals surface area contributed by atoms with Crippen LogP contribution < -0.4 is 20.1 Å². The molecular weight excluding hydrogens is 446 g/mol. The number of anilines is 2. The van der Waals surface area contributed by atoms with Crippen LogP contribution in [0.1, 0.15) is 83.5 Å². The molecule has 0 aliphatic carbocycles. The summed E-state index contributed by atoms with van der Waals surface area (Å²) >= 11 is 0. The Morgan fingerprint density at radius 1 is 0.686 bits per heavy atom. The largest absolute Gasteiger partial charge is 0.478 e. The van der Waals surface area contributed by atoms with Crippen LogP contribution in [0.4, 0.5) is 11.4 Å². The SMILES string of the molecule is CNc1c(OC)nnc(OC)c1NCCCN(CCCCCCCC=O)CCCCCCCC=O. The molecule has 0 aliphatic rings. The number of methoxy groups -OCH3 is 2. The molecule has 0 spiro atoms. The van der Waals surface area contributed by atoms with Crippen molar-refractivity contribution in [2.24, 2.45) is 0 Å². The van der Waals surface area contributed by atoms with Crippen LogP contribution in [0.5, 0.6) is 11.8 Å². The van der Waals surface area contributed by atoms with Gasteiger partial charge in [0.05, 0.1) is 14.2 Å². The van der Waals surface area contributed by atoms with Gasteiger partial charge in [0.25, 0.3) is 11.8 Å². The molecule has 1 rings (SSSR count). The highest BCUT2D eigenvalue weighted by Gasteiger charge is 2.16. The lowest BCUT2D eigenvalue weighted by Crippen LogP contribution is -2.28. The molecule has 1 aromatic heterocycles. The first kappa shape index (κ1) is 30.6. The van der Waals surface area contributed by atoms with Crippen molar-refractivity contribution >= 4 is 23.9 Å². The lowest BCUT2D eigenvalue weighted by molar-refractivity contribution is -0.108. The zero-order chi connectivity index (χ0) is 25.6. The topological polar surface area (TPSA) is 106 Å². The molecule has 1 aromatic rings. The van der Waals surface area contributed by atoms with Gasteiger partial charge < -0.3 is 34.6 Å². The van der Waals surface area contributed by atoms with E-state index in [1.54, 1.807) is 14.2 Å². The molecule has 0 aromatic carbocycles. The van der Waals surface area contributed by atoms with Gasteiger partial charge in [-0.05, 0) is 51.7 Å². The summed E-state index contributed by atoms with van der Waals surface area (Å²) in [5.74, 6) is 0.870. The molecule has 2 N–H and O–H groups in total. The van der Waals surface area contributed by atoms with Gasteiger partial charge >= 0.3 is 0 Å². The minimum atomic E-state index is 0.429. The van der Waals surface area contributed by atoms with Gasteiger partial charge in [0.1, 0.15) is 23.9 Å². The summed E-state index contributed by atoms with van der Waals surface area (Å²) in [6.45, 7) is 4.02. The standard InChI is InChI=1S/C26H47N5O4/c1-27-23-24(26(35-3)30-29-25(23)34-2)28-17-16-20-31(18-12-8-4-6-10-14-21-32)19-13-9-5-7-11-15-22-33/h21-22H,4-20H2,1-3H3,(H,27,30)(H,28,29). The van der Waals surface area contributed by atoms with Crippen LogP contribution in [0, 0.1) is 0 Å². The van der Waals surface area contributed by atoms with Crippen molar-refractivity contribution < 1.29 is 19.1 Å². The van der Waals surface area contributed by atoms with E-state index in [9.17, 15) is 9.59 Å². The highest BCUT2D eigenvalue weighted by atomic mass is 16.5. The lowest BCUT2D eigenvalue weighted by atomic mass is 10.1. The van der Waals surface area contributed by atoms with Crippen LogP contribution in [-0.4, -0.2) is 75.1 Å². The summed E-state index contributed by atoms with van der Waals surface area (Å²) in [7, 11) is 4.98. The fraction of sp³-hybridized carbons (Fsp3) is 0.769. The van der Waals surface area contributed by atoms with Crippen molar-refractivity contribution in [2.75, 3.05) is 58.1 Å². The van der Waals surface area contributed by atoms with Crippen molar-refractivity contribution in [3.63, 3.8) is 0 Å². The number of unbranched alkanes of at least 4 members (excludes halogenated alkanes) is 10. The summed E-state index contributed by atoms with van der Waals surface area (Å²) < 4.78 is 10.7. The summed E-state index contributed by atoms with van der Waals surface area (Å²) in [5.41, 5.74) is 1.50. The maximum absolute atomic E-state index is 10.5. The van der Waals surface area contributed by atoms with E-state index >= 15 is 0 Å². The van der Waals surface area contributed by atoms with Gasteiger partial charge in [0.2, 0.25) is 0 Å². The van der Waals surface area contributed by atoms with Crippen LogP contribution in [0.3, 0.4) is 0 Å². The van der Waals surface area contributed by atoms with Crippen LogP contribution in [0.2, 0.25) is 0 Å². The second-order valence-corrected chi connectivity index (χ2v) is 8.79. The maximum atomic E-state index is 10.5. The van der Waals surface area contributed by atoms with Gasteiger partial charge in [-0.2, -0.15) is 0 Å². The zero-order valence-corrected chi connectivity index (χ0v) is 22.2. The normalized spacial score (nSPS) is 10.9. The minimum absolute atomic E-state index is 0.429. The van der Waals surface area contributed by atoms with E-state index in [-0.39, 0.29) is 0 Å². The smallest absolute Gasteiger partial charge is 0.259 e. The summed E-state index contributed by atoms with van der Waals surface area (Å²) in [6.07, 6.45) is 15.9. The summed E-state index contributed by atoms with van der Waals surface area (Å²) in [6, 6.07) is 0. The first-order chi connectivity index (χ1) is 17.2. The van der Waals surface area contributed by atoms with E-state index in [2.05, 4.69) is 25.7 Å². The average Bonchev–Trinajstić information content (AvgIpc) is 2.88. The molecule has 0 amide bonds. The molecule has 9 heteroatoms. The van der Waals surface area contributed by atoms with E-state index < -0.39 is 0 Å². The monoisotopic (exact) mass is 493 g/mol. The molecule has 0 saturated heterocycles. The Morgan fingerprint density at radius 2 is 1.14 bits per heavy atom. The molecule has 0 aliphatic heterocycles. The van der Waals surface area contributed by atoms with Crippen molar-refractivity contribution in [3.05, 3.63) is 0 Å². The van der Waals surface area contributed by atoms with Gasteiger partial charge in [0, 0.05) is 26.4 Å². The molecule has 0 unspecified atom stereocenters. The number of carbonyl (C=O) groups is 2. The summed E-state index contributed by atoms with van der Waals surface area (Å²) in [4.78, 5) is 23.5. The van der Waals surface area contributed by atoms with Crippen LogP contribution in [0.15, 0.2) is 0 Å². The molecule has 0 atom stereocenters. The Kier molecular flexibility index (Phi) is 18.3. The van der Waals surface area contributed by atoms with Gasteiger partial charge in [-0.1, -0.05) is 38.5 Å². The summed E-state index contributed by atoms with van der Waals surface area (Å²) in [5, 5.41) is 14.7. The quantitative estimate of drug-likeness (QED) is 0.156. The lowest BCUT2D eigenvalue weighted by Gasteiger charge is -2.23. The van der Waals surface area contributed by atoms with E-state index in [1.807, 2.05) is 7.05 Å². The predicted octanol–water partition coefficient (Wildman–Crippen LogP) is 4.72. The van der Waals surface area contributed by atoms with Gasteiger partial charge in [0.15, 0.2) is 0 Å². The van der Waals surface area contributed by atoms with Gasteiger partial charge in [-0.15, -0.1) is 10.2 Å². The fourth-order valence-corrected chi connectivity index (χ4v) is 4.12. The molecular formula is C26H47N5O4. The zero-order valence-electron chi connectivity index (χ0n) is 22.2. The first-order valence-corrected chi connectivity index (χ1v) is 13.2. The van der Waals surface area contributed by atoms with E-state index in [0.29, 0.717) is 24.6 Å². The van der Waals surface area contributed by atoms with Crippen LogP contribution in [0.25, 0.3) is 0 Å². The highest BCUT2D eigenvalue weighted by Crippen LogP contribution is 2.35. The molecule has 9 nitrogen and oxygen atoms in total. The molecule has 0 radical (unpaired) electrons. The third-order valence-electron chi connectivity index (χ3n) is 6.09. The molecule has 1 heterocycles. The number of rotatable bonds is 24. The number of hydrogen-bond donors (Lipinski definition) is 2. The van der Waals surface area contributed by atoms with E-state index in [4.69, 9.17) is 9.47 Å². The van der Waals surface area contributed by atoms with Crippen molar-refractivity contribution in [3.8, 4) is 11.8 Å². The predicted molar refractivity (Wildman–Crippen MR) is 142 cm³/mol. The Labute approximate surface area is 211 Å². The van der Waals surface area contributed by atoms with Gasteiger partial charge in [-0.25, -0.2) is 0 Å². The average molecular weight is 494 g/mol. The number of hydrogen-bond acceptors (Lipinski definition) is 9. The van der Waals surface area contributed by atoms with Crippen molar-refractivity contribution in [1.82, 2.24) is 15.1 Å². The maximum Gasteiger partial charge on any atom is 0.259 e. The molecule has 0 bridgehead atoms. The molecule has 200 valence electrons. The molecule has 0 saturated carbocycles. The van der Waals surface area contributed by atoms with Crippen molar-refractivity contribution in [1.29, 1.82) is 0 Å². The third-order valence-corrected chi connectivity index (χ3v) is 6.09. The second-order valence-electron chi connectivity index (χ2n) is 8.79.